The highest BCUT2D eigenvalue weighted by Gasteiger charge is 2.19. The second kappa shape index (κ2) is 7.96. The highest BCUT2D eigenvalue weighted by Crippen LogP contribution is 2.26. The summed E-state index contributed by atoms with van der Waals surface area (Å²) in [7, 11) is 0. The van der Waals surface area contributed by atoms with Gasteiger partial charge < -0.3 is 15.1 Å². The van der Waals surface area contributed by atoms with Crippen LogP contribution in [0.15, 0.2) is 0 Å². The Kier molecular flexibility index (Phi) is 6.26. The summed E-state index contributed by atoms with van der Waals surface area (Å²) < 4.78 is 0. The number of likely N-dealkylation sites (N-methyl/N-ethyl adjacent to an activating group) is 1. The first-order valence-corrected chi connectivity index (χ1v) is 8.70. The van der Waals surface area contributed by atoms with Gasteiger partial charge in [-0.1, -0.05) is 20.3 Å². The molecule has 0 bridgehead atoms. The van der Waals surface area contributed by atoms with Crippen LogP contribution in [0.1, 0.15) is 37.3 Å². The van der Waals surface area contributed by atoms with E-state index < -0.39 is 0 Å². The zero-order valence-corrected chi connectivity index (χ0v) is 13.9. The van der Waals surface area contributed by atoms with Crippen molar-refractivity contribution in [3.8, 4) is 0 Å². The van der Waals surface area contributed by atoms with E-state index in [0.29, 0.717) is 0 Å². The number of rotatable bonds is 7. The smallest absolute Gasteiger partial charge is 0.185 e. The fraction of sp³-hybridized carbons (Fsp3) is 0.800. The fourth-order valence-electron chi connectivity index (χ4n) is 2.47. The first kappa shape index (κ1) is 15.7. The van der Waals surface area contributed by atoms with Crippen molar-refractivity contribution in [2.75, 3.05) is 44.2 Å². The van der Waals surface area contributed by atoms with Crippen molar-refractivity contribution in [1.29, 1.82) is 0 Å². The molecule has 1 aromatic heterocycles. The monoisotopic (exact) mass is 296 g/mol. The molecule has 2 heterocycles. The van der Waals surface area contributed by atoms with Crippen LogP contribution in [-0.2, 0) is 6.54 Å². The second-order valence-electron chi connectivity index (χ2n) is 5.46. The Balaban J connectivity index is 1.87. The Morgan fingerprint density at radius 2 is 1.95 bits per heavy atom. The molecule has 0 radical (unpaired) electrons. The van der Waals surface area contributed by atoms with Gasteiger partial charge in [0.15, 0.2) is 5.13 Å². The molecule has 4 nitrogen and oxygen atoms in total. The minimum atomic E-state index is 0.971. The van der Waals surface area contributed by atoms with Gasteiger partial charge >= 0.3 is 0 Å². The highest BCUT2D eigenvalue weighted by atomic mass is 32.1. The molecule has 5 heteroatoms. The highest BCUT2D eigenvalue weighted by molar-refractivity contribution is 7.15. The van der Waals surface area contributed by atoms with E-state index in [9.17, 15) is 0 Å². The van der Waals surface area contributed by atoms with Gasteiger partial charge in [0.05, 0.1) is 5.69 Å². The lowest BCUT2D eigenvalue weighted by atomic mass is 10.3. The van der Waals surface area contributed by atoms with Gasteiger partial charge in [-0.25, -0.2) is 4.98 Å². The summed E-state index contributed by atoms with van der Waals surface area (Å²) in [6.07, 6.45) is 2.51. The standard InChI is InChI=1S/C15H28N4S/c1-4-6-7-16-12-14-13(3)17-15(20-14)19-10-8-18(5-2)9-11-19/h16H,4-12H2,1-3H3. The van der Waals surface area contributed by atoms with Gasteiger partial charge in [0.2, 0.25) is 0 Å². The van der Waals surface area contributed by atoms with Gasteiger partial charge in [0, 0.05) is 37.6 Å². The number of nitrogens with zero attached hydrogens (tertiary/aromatic N) is 3. The number of aryl methyl sites for hydroxylation is 1. The summed E-state index contributed by atoms with van der Waals surface area (Å²) in [5.74, 6) is 0. The first-order valence-electron chi connectivity index (χ1n) is 7.89. The molecule has 0 aromatic carbocycles. The number of unbranched alkanes of at least 4 members (excludes halogenated alkanes) is 1. The largest absolute Gasteiger partial charge is 0.346 e. The van der Waals surface area contributed by atoms with Gasteiger partial charge in [0.25, 0.3) is 0 Å². The first-order chi connectivity index (χ1) is 9.74. The Morgan fingerprint density at radius 3 is 2.60 bits per heavy atom. The molecule has 1 saturated heterocycles. The Labute approximate surface area is 127 Å². The van der Waals surface area contributed by atoms with Crippen molar-refractivity contribution in [2.24, 2.45) is 0 Å². The van der Waals surface area contributed by atoms with Crippen LogP contribution in [0.2, 0.25) is 0 Å². The van der Waals surface area contributed by atoms with Crippen LogP contribution < -0.4 is 10.2 Å². The van der Waals surface area contributed by atoms with Gasteiger partial charge in [-0.15, -0.1) is 11.3 Å². The minimum Gasteiger partial charge on any atom is -0.346 e. The fourth-order valence-corrected chi connectivity index (χ4v) is 3.55. The maximum atomic E-state index is 4.77. The minimum absolute atomic E-state index is 0.971. The lowest BCUT2D eigenvalue weighted by molar-refractivity contribution is 0.271. The van der Waals surface area contributed by atoms with E-state index in [2.05, 4.69) is 35.9 Å². The topological polar surface area (TPSA) is 31.4 Å². The maximum absolute atomic E-state index is 4.77. The van der Waals surface area contributed by atoms with Crippen molar-refractivity contribution in [3.05, 3.63) is 10.6 Å². The molecular formula is C15H28N4S. The summed E-state index contributed by atoms with van der Waals surface area (Å²) >= 11 is 1.87. The van der Waals surface area contributed by atoms with Crippen LogP contribution in [0.5, 0.6) is 0 Å². The average Bonchev–Trinajstić information content (AvgIpc) is 2.85. The normalized spacial score (nSPS) is 16.9. The number of nitrogens with one attached hydrogen (secondary N) is 1. The van der Waals surface area contributed by atoms with E-state index in [4.69, 9.17) is 4.98 Å². The van der Waals surface area contributed by atoms with Gasteiger partial charge in [-0.2, -0.15) is 0 Å². The molecule has 1 fully saturated rings. The molecule has 114 valence electrons. The van der Waals surface area contributed by atoms with E-state index in [1.165, 1.54) is 41.6 Å². The van der Waals surface area contributed by atoms with Crippen LogP contribution in [0.3, 0.4) is 0 Å². The number of aromatic nitrogens is 1. The summed E-state index contributed by atoms with van der Waals surface area (Å²) in [5.41, 5.74) is 1.20. The number of hydrogen-bond donors (Lipinski definition) is 1. The average molecular weight is 296 g/mol. The molecule has 0 atom stereocenters. The lowest BCUT2D eigenvalue weighted by Gasteiger charge is -2.33. The van der Waals surface area contributed by atoms with E-state index >= 15 is 0 Å². The molecule has 0 unspecified atom stereocenters. The number of hydrogen-bond acceptors (Lipinski definition) is 5. The van der Waals surface area contributed by atoms with E-state index in [-0.39, 0.29) is 0 Å². The van der Waals surface area contributed by atoms with Crippen LogP contribution in [-0.4, -0.2) is 49.2 Å². The molecule has 1 aliphatic rings. The summed E-state index contributed by atoms with van der Waals surface area (Å²) in [4.78, 5) is 11.1. The van der Waals surface area contributed by atoms with Crippen LogP contribution in [0.25, 0.3) is 0 Å². The Hall–Kier alpha value is -0.650. The quantitative estimate of drug-likeness (QED) is 0.783. The lowest BCUT2D eigenvalue weighted by Crippen LogP contribution is -2.46. The SMILES string of the molecule is CCCCNCc1sc(N2CCN(CC)CC2)nc1C. The second-order valence-corrected chi connectivity index (χ2v) is 6.52. The summed E-state index contributed by atoms with van der Waals surface area (Å²) in [6.45, 7) is 14.4. The van der Waals surface area contributed by atoms with Crippen molar-refractivity contribution in [3.63, 3.8) is 0 Å². The van der Waals surface area contributed by atoms with E-state index in [1.807, 2.05) is 11.3 Å². The van der Waals surface area contributed by atoms with Crippen molar-refractivity contribution < 1.29 is 0 Å². The van der Waals surface area contributed by atoms with Crippen LogP contribution in [0, 0.1) is 6.92 Å². The predicted octanol–water partition coefficient (Wildman–Crippen LogP) is 2.48. The van der Waals surface area contributed by atoms with Crippen LogP contribution in [0.4, 0.5) is 5.13 Å². The van der Waals surface area contributed by atoms with E-state index in [0.717, 1.165) is 32.7 Å². The molecule has 0 amide bonds. The van der Waals surface area contributed by atoms with Crippen molar-refractivity contribution in [2.45, 2.75) is 40.2 Å². The molecule has 1 N–H and O–H groups in total. The third-order valence-corrected chi connectivity index (χ3v) is 5.18. The zero-order valence-electron chi connectivity index (χ0n) is 13.1. The third-order valence-electron chi connectivity index (χ3n) is 3.96. The number of thiazole rings is 1. The van der Waals surface area contributed by atoms with Gasteiger partial charge in [-0.3, -0.25) is 0 Å². The van der Waals surface area contributed by atoms with Crippen molar-refractivity contribution >= 4 is 16.5 Å². The molecule has 1 aliphatic heterocycles. The zero-order chi connectivity index (χ0) is 14.4. The van der Waals surface area contributed by atoms with Gasteiger partial charge in [-0.05, 0) is 26.4 Å². The molecule has 2 rings (SSSR count). The Bertz CT molecular complexity index is 397. The molecule has 0 aliphatic carbocycles. The van der Waals surface area contributed by atoms with E-state index in [1.54, 1.807) is 0 Å². The predicted molar refractivity (Wildman–Crippen MR) is 87.8 cm³/mol. The number of piperazine rings is 1. The molecule has 0 saturated carbocycles. The molecular weight excluding hydrogens is 268 g/mol. The van der Waals surface area contributed by atoms with Gasteiger partial charge in [0.1, 0.15) is 0 Å². The van der Waals surface area contributed by atoms with Crippen molar-refractivity contribution in [1.82, 2.24) is 15.2 Å². The summed E-state index contributed by atoms with van der Waals surface area (Å²) in [5, 5.41) is 4.73. The maximum Gasteiger partial charge on any atom is 0.185 e. The third kappa shape index (κ3) is 4.17. The molecule has 20 heavy (non-hydrogen) atoms. The molecule has 0 spiro atoms. The summed E-state index contributed by atoms with van der Waals surface area (Å²) in [6, 6.07) is 0. The number of anilines is 1. The molecule has 1 aromatic rings. The Morgan fingerprint density at radius 1 is 1.20 bits per heavy atom. The van der Waals surface area contributed by atoms with Crippen LogP contribution >= 0.6 is 11.3 Å².